The van der Waals surface area contributed by atoms with Crippen LogP contribution in [0.5, 0.6) is 0 Å². The van der Waals surface area contributed by atoms with Crippen LogP contribution in [-0.2, 0) is 27.7 Å². The van der Waals surface area contributed by atoms with E-state index >= 15 is 0 Å². The maximum atomic E-state index is 13.6. The number of thiazole rings is 1. The lowest BCUT2D eigenvalue weighted by molar-refractivity contribution is 0.00638. The van der Waals surface area contributed by atoms with E-state index in [-0.39, 0.29) is 16.5 Å². The zero-order valence-corrected chi connectivity index (χ0v) is 28.7. The lowest BCUT2D eigenvalue weighted by Crippen LogP contribution is -2.33. The highest BCUT2D eigenvalue weighted by Gasteiger charge is 2.28. The minimum atomic E-state index is -3.84. The van der Waals surface area contributed by atoms with E-state index in [9.17, 15) is 18.0 Å². The fraction of sp³-hybridized carbons (Fsp3) is 0.189. The Hall–Kier alpha value is -5.33. The quantitative estimate of drug-likeness (QED) is 0.175. The molecule has 0 aliphatic carbocycles. The summed E-state index contributed by atoms with van der Waals surface area (Å²) in [5.74, 6) is -0.338. The van der Waals surface area contributed by atoms with Crippen LogP contribution >= 0.6 is 11.3 Å². The Morgan fingerprint density at radius 3 is 2.45 bits per heavy atom. The van der Waals surface area contributed by atoms with Crippen LogP contribution in [0.25, 0.3) is 21.3 Å². The first-order valence-electron chi connectivity index (χ1n) is 15.7. The predicted octanol–water partition coefficient (Wildman–Crippen LogP) is 7.17. The number of para-hydroxylation sites is 1. The number of fused-ring (bicyclic) bond motifs is 2. The van der Waals surface area contributed by atoms with Crippen molar-refractivity contribution >= 4 is 54.4 Å². The molecule has 1 aliphatic heterocycles. The zero-order chi connectivity index (χ0) is 34.3. The molecule has 0 unspecified atom stereocenters. The highest BCUT2D eigenvalue weighted by molar-refractivity contribution is 7.90. The van der Waals surface area contributed by atoms with Gasteiger partial charge in [0.1, 0.15) is 11.4 Å². The third-order valence-electron chi connectivity index (χ3n) is 8.13. The number of carbonyl (C=O) groups is 2. The van der Waals surface area contributed by atoms with Gasteiger partial charge in [-0.3, -0.25) is 10.1 Å². The average Bonchev–Trinajstić information content (AvgIpc) is 3.75. The smallest absolute Gasteiger partial charge is 0.358 e. The van der Waals surface area contributed by atoms with Crippen molar-refractivity contribution in [2.75, 3.05) is 16.8 Å². The third kappa shape index (κ3) is 6.57. The minimum absolute atomic E-state index is 0.0648. The van der Waals surface area contributed by atoms with Crippen molar-refractivity contribution in [3.63, 3.8) is 0 Å². The first-order valence-corrected chi connectivity index (χ1v) is 18.0. The van der Waals surface area contributed by atoms with Gasteiger partial charge in [0.2, 0.25) is 0 Å². The number of hydrogen-bond donors (Lipinski definition) is 1. The molecule has 3 aromatic carbocycles. The number of benzene rings is 3. The summed E-state index contributed by atoms with van der Waals surface area (Å²) in [6.45, 7) is 6.34. The molecule has 12 heteroatoms. The normalized spacial score (nSPS) is 13.2. The van der Waals surface area contributed by atoms with Gasteiger partial charge in [0.15, 0.2) is 10.8 Å². The van der Waals surface area contributed by atoms with Crippen molar-refractivity contribution in [1.29, 1.82) is 0 Å². The Kier molecular flexibility index (Phi) is 8.29. The number of rotatable bonds is 7. The highest BCUT2D eigenvalue weighted by Crippen LogP contribution is 2.32. The van der Waals surface area contributed by atoms with Crippen molar-refractivity contribution in [3.8, 4) is 11.1 Å². The van der Waals surface area contributed by atoms with Crippen LogP contribution in [0, 0.1) is 0 Å². The second-order valence-electron chi connectivity index (χ2n) is 12.7. The van der Waals surface area contributed by atoms with Gasteiger partial charge < -0.3 is 9.64 Å². The van der Waals surface area contributed by atoms with Crippen LogP contribution in [0.3, 0.4) is 0 Å². The molecule has 0 saturated carbocycles. The van der Waals surface area contributed by atoms with E-state index in [1.165, 1.54) is 35.9 Å². The van der Waals surface area contributed by atoms with Gasteiger partial charge in [0.05, 0.1) is 15.1 Å². The van der Waals surface area contributed by atoms with Gasteiger partial charge in [-0.2, -0.15) is 0 Å². The maximum Gasteiger partial charge on any atom is 0.358 e. The fourth-order valence-corrected chi connectivity index (χ4v) is 7.90. The molecule has 3 aromatic heterocycles. The number of carbonyl (C=O) groups excluding carboxylic acids is 2. The molecule has 0 bridgehead atoms. The number of amides is 1. The Labute approximate surface area is 288 Å². The largest absolute Gasteiger partial charge is 0.455 e. The number of ether oxygens (including phenoxy) is 1. The van der Waals surface area contributed by atoms with Crippen LogP contribution in [0.2, 0.25) is 0 Å². The third-order valence-corrected chi connectivity index (χ3v) is 10.7. The maximum absolute atomic E-state index is 13.6. The van der Waals surface area contributed by atoms with Gasteiger partial charge in [0, 0.05) is 42.2 Å². The lowest BCUT2D eigenvalue weighted by Gasteiger charge is -2.31. The van der Waals surface area contributed by atoms with Crippen molar-refractivity contribution in [2.24, 2.45) is 0 Å². The molecular weight excluding hydrogens is 659 g/mol. The summed E-state index contributed by atoms with van der Waals surface area (Å²) in [5, 5.41) is 3.50. The zero-order valence-electron chi connectivity index (χ0n) is 27.1. The van der Waals surface area contributed by atoms with Gasteiger partial charge in [0.25, 0.3) is 15.9 Å². The van der Waals surface area contributed by atoms with Gasteiger partial charge >= 0.3 is 5.97 Å². The molecule has 1 N–H and O–H groups in total. The number of aromatic nitrogens is 3. The molecule has 7 rings (SSSR count). The van der Waals surface area contributed by atoms with E-state index in [4.69, 9.17) is 9.72 Å². The summed E-state index contributed by atoms with van der Waals surface area (Å²) >= 11 is 1.42. The van der Waals surface area contributed by atoms with Gasteiger partial charge in [-0.1, -0.05) is 53.8 Å². The molecule has 0 fully saturated rings. The van der Waals surface area contributed by atoms with Gasteiger partial charge in [-0.15, -0.1) is 0 Å². The van der Waals surface area contributed by atoms with E-state index in [0.29, 0.717) is 47.2 Å². The predicted molar refractivity (Wildman–Crippen MR) is 191 cm³/mol. The standard InChI is InChI=1S/C37H33N5O5S2/c1-37(2,3)47-35(44)33-27(25-19-21-42(22-25)49(45,46)26-11-5-4-6-12-26)16-17-32(39-33)41-20-18-24-10-9-13-28(29(24)23-41)34(43)40-36-38-30-14-7-8-15-31(30)48-36/h4-17,19,21-22H,18,20,23H2,1-3H3,(H,38,40,43). The van der Waals surface area contributed by atoms with Crippen molar-refractivity contribution < 1.29 is 22.7 Å². The molecule has 0 atom stereocenters. The molecule has 0 saturated heterocycles. The molecule has 6 aromatic rings. The first kappa shape index (κ1) is 32.2. The van der Waals surface area contributed by atoms with Crippen molar-refractivity contribution in [2.45, 2.75) is 44.2 Å². The number of nitrogens with one attached hydrogen (secondary N) is 1. The summed E-state index contributed by atoms with van der Waals surface area (Å²) < 4.78 is 34.4. The van der Waals surface area contributed by atoms with E-state index < -0.39 is 21.6 Å². The molecule has 1 aliphatic rings. The molecule has 0 radical (unpaired) electrons. The highest BCUT2D eigenvalue weighted by atomic mass is 32.2. The Morgan fingerprint density at radius 2 is 1.67 bits per heavy atom. The first-order chi connectivity index (χ1) is 23.5. The van der Waals surface area contributed by atoms with E-state index in [1.54, 1.807) is 57.2 Å². The Balaban J connectivity index is 1.20. The lowest BCUT2D eigenvalue weighted by atomic mass is 9.94. The Morgan fingerprint density at radius 1 is 0.898 bits per heavy atom. The Bertz CT molecular complexity index is 2290. The SMILES string of the molecule is CC(C)(C)OC(=O)c1nc(N2CCc3cccc(C(=O)Nc4nc5ccccc5s4)c3C2)ccc1-c1ccn(S(=O)(=O)c2ccccc2)c1. The summed E-state index contributed by atoms with van der Waals surface area (Å²) in [7, 11) is -3.84. The number of anilines is 2. The molecule has 4 heterocycles. The molecule has 1 amide bonds. The van der Waals surface area contributed by atoms with Crippen LogP contribution in [0.1, 0.15) is 52.7 Å². The molecule has 10 nitrogen and oxygen atoms in total. The van der Waals surface area contributed by atoms with Crippen LogP contribution in [0.4, 0.5) is 10.9 Å². The minimum Gasteiger partial charge on any atom is -0.455 e. The summed E-state index contributed by atoms with van der Waals surface area (Å²) in [6, 6.07) is 26.8. The fourth-order valence-electron chi connectivity index (χ4n) is 5.82. The van der Waals surface area contributed by atoms with Gasteiger partial charge in [-0.05, 0) is 86.8 Å². The molecule has 0 spiro atoms. The topological polar surface area (TPSA) is 123 Å². The number of hydrogen-bond acceptors (Lipinski definition) is 9. The van der Waals surface area contributed by atoms with E-state index in [1.807, 2.05) is 47.4 Å². The second kappa shape index (κ2) is 12.6. The summed E-state index contributed by atoms with van der Waals surface area (Å²) in [4.78, 5) is 38.7. The van der Waals surface area contributed by atoms with Crippen molar-refractivity contribution in [1.82, 2.24) is 13.9 Å². The number of esters is 1. The van der Waals surface area contributed by atoms with Gasteiger partial charge in [-0.25, -0.2) is 27.2 Å². The van der Waals surface area contributed by atoms with Crippen molar-refractivity contribution in [3.05, 3.63) is 126 Å². The number of pyridine rings is 1. The van der Waals surface area contributed by atoms with Crippen LogP contribution in [-0.4, -0.2) is 46.4 Å². The van der Waals surface area contributed by atoms with Crippen LogP contribution < -0.4 is 10.2 Å². The monoisotopic (exact) mass is 691 g/mol. The van der Waals surface area contributed by atoms with E-state index in [2.05, 4.69) is 10.3 Å². The number of nitrogens with zero attached hydrogens (tertiary/aromatic N) is 4. The molecule has 49 heavy (non-hydrogen) atoms. The molecule has 248 valence electrons. The molecular formula is C37H33N5O5S2. The van der Waals surface area contributed by atoms with E-state index in [0.717, 1.165) is 25.3 Å². The second-order valence-corrected chi connectivity index (χ2v) is 15.5. The van der Waals surface area contributed by atoms with Crippen LogP contribution in [0.15, 0.2) is 108 Å². The summed E-state index contributed by atoms with van der Waals surface area (Å²) in [6.07, 6.45) is 3.59. The average molecular weight is 692 g/mol. The summed E-state index contributed by atoms with van der Waals surface area (Å²) in [5.41, 5.74) is 3.53.